The Hall–Kier alpha value is -1.39. The third-order valence-electron chi connectivity index (χ3n) is 2.57. The van der Waals surface area contributed by atoms with Crippen LogP contribution < -0.4 is 10.6 Å². The highest BCUT2D eigenvalue weighted by Gasteiger charge is 1.97. The summed E-state index contributed by atoms with van der Waals surface area (Å²) < 4.78 is 5.36. The van der Waals surface area contributed by atoms with E-state index in [1.807, 2.05) is 18.2 Å². The van der Waals surface area contributed by atoms with Crippen LogP contribution in [0.1, 0.15) is 18.4 Å². The number of hydrogen-bond donors (Lipinski definition) is 2. The van der Waals surface area contributed by atoms with Crippen LogP contribution >= 0.6 is 0 Å². The number of amides is 1. The van der Waals surface area contributed by atoms with Crippen molar-refractivity contribution in [3.63, 3.8) is 0 Å². The normalized spacial score (nSPS) is 10.3. The van der Waals surface area contributed by atoms with Crippen molar-refractivity contribution in [1.82, 2.24) is 10.6 Å². The second kappa shape index (κ2) is 9.62. The Morgan fingerprint density at radius 2 is 2.00 bits per heavy atom. The summed E-state index contributed by atoms with van der Waals surface area (Å²) in [6.45, 7) is 3.01. The van der Waals surface area contributed by atoms with Crippen LogP contribution in [0.5, 0.6) is 0 Å². The van der Waals surface area contributed by atoms with Crippen LogP contribution in [-0.4, -0.2) is 32.7 Å². The molecule has 0 aliphatic carbocycles. The van der Waals surface area contributed by atoms with E-state index in [-0.39, 0.29) is 5.91 Å². The number of carbonyl (C=O) groups is 1. The van der Waals surface area contributed by atoms with E-state index in [2.05, 4.69) is 22.8 Å². The fraction of sp³-hybridized carbons (Fsp3) is 0.500. The van der Waals surface area contributed by atoms with Crippen LogP contribution in [0.4, 0.5) is 0 Å². The van der Waals surface area contributed by atoms with Crippen LogP contribution in [0.2, 0.25) is 0 Å². The van der Waals surface area contributed by atoms with Crippen molar-refractivity contribution in [2.24, 2.45) is 0 Å². The molecule has 0 heterocycles. The van der Waals surface area contributed by atoms with Gasteiger partial charge in [0.1, 0.15) is 0 Å². The molecule has 0 unspecified atom stereocenters. The summed E-state index contributed by atoms with van der Waals surface area (Å²) >= 11 is 0. The molecule has 0 saturated carbocycles. The zero-order chi connectivity index (χ0) is 13.1. The highest BCUT2D eigenvalue weighted by atomic mass is 16.5. The van der Waals surface area contributed by atoms with Crippen LogP contribution in [0.3, 0.4) is 0 Å². The molecule has 0 bridgehead atoms. The van der Waals surface area contributed by atoms with Crippen molar-refractivity contribution in [3.05, 3.63) is 35.9 Å². The van der Waals surface area contributed by atoms with Crippen molar-refractivity contribution in [1.29, 1.82) is 0 Å². The third kappa shape index (κ3) is 7.04. The highest BCUT2D eigenvalue weighted by Crippen LogP contribution is 1.97. The average molecular weight is 250 g/mol. The first kappa shape index (κ1) is 14.7. The molecule has 100 valence electrons. The van der Waals surface area contributed by atoms with E-state index in [0.717, 1.165) is 19.5 Å². The summed E-state index contributed by atoms with van der Waals surface area (Å²) in [5.74, 6) is 0.0252. The standard InChI is InChI=1S/C14H22N2O2/c1-15-14(17)8-11-18-10-5-9-16-12-13-6-3-2-4-7-13/h2-4,6-7,16H,5,8-12H2,1H3,(H,15,17). The molecule has 0 spiro atoms. The summed E-state index contributed by atoms with van der Waals surface area (Å²) in [7, 11) is 1.63. The van der Waals surface area contributed by atoms with Gasteiger partial charge in [-0.3, -0.25) is 4.79 Å². The predicted molar refractivity (Wildman–Crippen MR) is 72.3 cm³/mol. The van der Waals surface area contributed by atoms with Crippen LogP contribution in [0.25, 0.3) is 0 Å². The van der Waals surface area contributed by atoms with Gasteiger partial charge in [0.15, 0.2) is 0 Å². The van der Waals surface area contributed by atoms with Crippen LogP contribution in [-0.2, 0) is 16.1 Å². The molecular weight excluding hydrogens is 228 g/mol. The summed E-state index contributed by atoms with van der Waals surface area (Å²) in [6, 6.07) is 10.3. The first-order valence-electron chi connectivity index (χ1n) is 6.36. The number of rotatable bonds is 9. The van der Waals surface area contributed by atoms with Crippen LogP contribution in [0, 0.1) is 0 Å². The zero-order valence-corrected chi connectivity index (χ0v) is 10.9. The molecule has 0 aliphatic rings. The third-order valence-corrected chi connectivity index (χ3v) is 2.57. The van der Waals surface area contributed by atoms with Gasteiger partial charge in [-0.1, -0.05) is 30.3 Å². The Kier molecular flexibility index (Phi) is 7.84. The molecule has 1 amide bonds. The number of hydrogen-bond acceptors (Lipinski definition) is 3. The van der Waals surface area contributed by atoms with E-state index < -0.39 is 0 Å². The lowest BCUT2D eigenvalue weighted by Gasteiger charge is -2.06. The SMILES string of the molecule is CNC(=O)CCOCCCNCc1ccccc1. The molecule has 4 nitrogen and oxygen atoms in total. The van der Waals surface area contributed by atoms with E-state index in [1.54, 1.807) is 7.05 Å². The molecule has 18 heavy (non-hydrogen) atoms. The zero-order valence-electron chi connectivity index (χ0n) is 10.9. The predicted octanol–water partition coefficient (Wildman–Crippen LogP) is 1.32. The average Bonchev–Trinajstić information content (AvgIpc) is 2.42. The summed E-state index contributed by atoms with van der Waals surface area (Å²) in [6.07, 6.45) is 1.40. The first-order chi connectivity index (χ1) is 8.83. The second-order valence-corrected chi connectivity index (χ2v) is 4.05. The minimum atomic E-state index is 0.0252. The maximum Gasteiger partial charge on any atom is 0.222 e. The lowest BCUT2D eigenvalue weighted by molar-refractivity contribution is -0.121. The molecule has 0 aromatic heterocycles. The lowest BCUT2D eigenvalue weighted by atomic mass is 10.2. The summed E-state index contributed by atoms with van der Waals surface area (Å²) in [4.78, 5) is 10.9. The first-order valence-corrected chi connectivity index (χ1v) is 6.36. The van der Waals surface area contributed by atoms with Crippen molar-refractivity contribution in [3.8, 4) is 0 Å². The topological polar surface area (TPSA) is 50.4 Å². The van der Waals surface area contributed by atoms with Crippen LogP contribution in [0.15, 0.2) is 30.3 Å². The molecule has 0 fully saturated rings. The Balaban J connectivity index is 1.89. The largest absolute Gasteiger partial charge is 0.381 e. The molecule has 0 atom stereocenters. The van der Waals surface area contributed by atoms with Crippen molar-refractivity contribution >= 4 is 5.91 Å². The Morgan fingerprint density at radius 3 is 2.72 bits per heavy atom. The maximum absolute atomic E-state index is 10.9. The Bertz CT molecular complexity index is 328. The minimum absolute atomic E-state index is 0.0252. The molecule has 2 N–H and O–H groups in total. The molecule has 1 aromatic rings. The summed E-state index contributed by atoms with van der Waals surface area (Å²) in [5.41, 5.74) is 1.29. The molecular formula is C14H22N2O2. The molecule has 0 aliphatic heterocycles. The number of benzene rings is 1. The fourth-order valence-electron chi connectivity index (χ4n) is 1.52. The van der Waals surface area contributed by atoms with Gasteiger partial charge < -0.3 is 15.4 Å². The molecule has 1 aromatic carbocycles. The van der Waals surface area contributed by atoms with Crippen molar-refractivity contribution in [2.45, 2.75) is 19.4 Å². The molecule has 0 radical (unpaired) electrons. The molecule has 0 saturated heterocycles. The van der Waals surface area contributed by atoms with Crippen molar-refractivity contribution < 1.29 is 9.53 Å². The van der Waals surface area contributed by atoms with E-state index in [9.17, 15) is 4.79 Å². The van der Waals surface area contributed by atoms with Gasteiger partial charge in [-0.2, -0.15) is 0 Å². The highest BCUT2D eigenvalue weighted by molar-refractivity contribution is 5.75. The van der Waals surface area contributed by atoms with Crippen molar-refractivity contribution in [2.75, 3.05) is 26.8 Å². The molecule has 1 rings (SSSR count). The summed E-state index contributed by atoms with van der Waals surface area (Å²) in [5, 5.41) is 5.92. The second-order valence-electron chi connectivity index (χ2n) is 4.05. The minimum Gasteiger partial charge on any atom is -0.381 e. The monoisotopic (exact) mass is 250 g/mol. The van der Waals surface area contributed by atoms with E-state index in [1.165, 1.54) is 5.56 Å². The van der Waals surface area contributed by atoms with Gasteiger partial charge >= 0.3 is 0 Å². The van der Waals surface area contributed by atoms with Gasteiger partial charge in [0.05, 0.1) is 6.61 Å². The lowest BCUT2D eigenvalue weighted by Crippen LogP contribution is -2.20. The number of carbonyl (C=O) groups excluding carboxylic acids is 1. The van der Waals surface area contributed by atoms with E-state index in [4.69, 9.17) is 4.74 Å². The van der Waals surface area contributed by atoms with Gasteiger partial charge in [-0.05, 0) is 18.5 Å². The fourth-order valence-corrected chi connectivity index (χ4v) is 1.52. The maximum atomic E-state index is 10.9. The number of nitrogens with one attached hydrogen (secondary N) is 2. The molecule has 4 heteroatoms. The quantitative estimate of drug-likeness (QED) is 0.650. The van der Waals surface area contributed by atoms with Gasteiger partial charge in [0.25, 0.3) is 0 Å². The van der Waals surface area contributed by atoms with Gasteiger partial charge in [0, 0.05) is 26.6 Å². The van der Waals surface area contributed by atoms with Gasteiger partial charge in [-0.15, -0.1) is 0 Å². The smallest absolute Gasteiger partial charge is 0.222 e. The Labute approximate surface area is 109 Å². The van der Waals surface area contributed by atoms with Gasteiger partial charge in [-0.25, -0.2) is 0 Å². The number of ether oxygens (including phenoxy) is 1. The van der Waals surface area contributed by atoms with E-state index >= 15 is 0 Å². The Morgan fingerprint density at radius 1 is 1.22 bits per heavy atom. The van der Waals surface area contributed by atoms with E-state index in [0.29, 0.717) is 19.6 Å². The van der Waals surface area contributed by atoms with Gasteiger partial charge in [0.2, 0.25) is 5.91 Å².